The Morgan fingerprint density at radius 1 is 1.00 bits per heavy atom. The minimum atomic E-state index is -0.375. The highest BCUT2D eigenvalue weighted by Crippen LogP contribution is 2.26. The van der Waals surface area contributed by atoms with Crippen LogP contribution in [0.5, 0.6) is 0 Å². The lowest BCUT2D eigenvalue weighted by Gasteiger charge is -2.39. The number of rotatable bonds is 7. The third-order valence-electron chi connectivity index (χ3n) is 5.21. The molecule has 154 valence electrons. The third-order valence-corrected chi connectivity index (χ3v) is 5.21. The molecule has 1 aliphatic heterocycles. The average Bonchev–Trinajstić information content (AvgIpc) is 2.76. The van der Waals surface area contributed by atoms with Crippen molar-refractivity contribution in [2.75, 3.05) is 43.5 Å². The molecule has 2 aromatic carbocycles. The highest BCUT2D eigenvalue weighted by molar-refractivity contribution is 5.90. The number of benzene rings is 2. The lowest BCUT2D eigenvalue weighted by Crippen LogP contribution is -2.49. The predicted octanol–water partition coefficient (Wildman–Crippen LogP) is 3.46. The monoisotopic (exact) mass is 395 g/mol. The number of piperazine rings is 1. The number of nitrogens with zero attached hydrogens (tertiary/aromatic N) is 2. The van der Waals surface area contributed by atoms with Crippen molar-refractivity contribution in [3.05, 3.63) is 60.2 Å². The number of carbonyl (C=O) groups excluding carboxylic acids is 2. The first-order valence-corrected chi connectivity index (χ1v) is 10.1. The number of amides is 1. The maximum absolute atomic E-state index is 12.4. The van der Waals surface area contributed by atoms with Crippen molar-refractivity contribution in [3.8, 4) is 0 Å². The Morgan fingerprint density at radius 2 is 1.66 bits per heavy atom. The lowest BCUT2D eigenvalue weighted by molar-refractivity contribution is -0.147. The Balaban J connectivity index is 1.62. The van der Waals surface area contributed by atoms with Crippen LogP contribution in [0.2, 0.25) is 0 Å². The fourth-order valence-corrected chi connectivity index (χ4v) is 3.69. The molecular weight excluding hydrogens is 366 g/mol. The molecule has 1 amide bonds. The van der Waals surface area contributed by atoms with Gasteiger partial charge in [-0.1, -0.05) is 37.3 Å². The smallest absolute Gasteiger partial charge is 0.327 e. The third kappa shape index (κ3) is 5.35. The molecule has 6 heteroatoms. The first kappa shape index (κ1) is 20.9. The van der Waals surface area contributed by atoms with Gasteiger partial charge in [0.1, 0.15) is 6.04 Å². The molecule has 0 aromatic heterocycles. The Hall–Kier alpha value is -2.86. The van der Waals surface area contributed by atoms with E-state index in [0.29, 0.717) is 6.42 Å². The van der Waals surface area contributed by atoms with Crippen molar-refractivity contribution in [2.45, 2.75) is 25.8 Å². The second-order valence-electron chi connectivity index (χ2n) is 7.20. The minimum absolute atomic E-state index is 0.0450. The SMILES string of the molecule is CCCC(=O)Nc1ccc(N2CCN(C(C(=O)OC)c3ccccc3)CC2)cc1. The molecule has 0 bridgehead atoms. The summed E-state index contributed by atoms with van der Waals surface area (Å²) in [6.07, 6.45) is 1.37. The Kier molecular flexibility index (Phi) is 7.25. The van der Waals surface area contributed by atoms with Crippen molar-refractivity contribution >= 4 is 23.3 Å². The van der Waals surface area contributed by atoms with Gasteiger partial charge < -0.3 is 15.0 Å². The van der Waals surface area contributed by atoms with E-state index in [-0.39, 0.29) is 17.9 Å². The molecule has 3 rings (SSSR count). The van der Waals surface area contributed by atoms with E-state index in [1.54, 1.807) is 0 Å². The molecule has 1 aliphatic rings. The second-order valence-corrected chi connectivity index (χ2v) is 7.20. The summed E-state index contributed by atoms with van der Waals surface area (Å²) in [6, 6.07) is 17.4. The summed E-state index contributed by atoms with van der Waals surface area (Å²) in [5, 5.41) is 2.91. The average molecular weight is 396 g/mol. The van der Waals surface area contributed by atoms with E-state index in [0.717, 1.165) is 49.5 Å². The van der Waals surface area contributed by atoms with Crippen LogP contribution in [-0.2, 0) is 14.3 Å². The number of nitrogens with one attached hydrogen (secondary N) is 1. The van der Waals surface area contributed by atoms with Gasteiger partial charge in [-0.3, -0.25) is 9.69 Å². The van der Waals surface area contributed by atoms with E-state index >= 15 is 0 Å². The van der Waals surface area contributed by atoms with Gasteiger partial charge in [0.2, 0.25) is 5.91 Å². The molecule has 29 heavy (non-hydrogen) atoms. The van der Waals surface area contributed by atoms with Crippen molar-refractivity contribution in [3.63, 3.8) is 0 Å². The molecule has 1 heterocycles. The first-order valence-electron chi connectivity index (χ1n) is 10.1. The summed E-state index contributed by atoms with van der Waals surface area (Å²) < 4.78 is 5.06. The van der Waals surface area contributed by atoms with Crippen LogP contribution < -0.4 is 10.2 Å². The standard InChI is InChI=1S/C23H29N3O3/c1-3-7-21(27)24-19-10-12-20(13-11-19)25-14-16-26(17-15-25)22(23(28)29-2)18-8-5-4-6-9-18/h4-6,8-13,22H,3,7,14-17H2,1-2H3,(H,24,27). The zero-order valence-electron chi connectivity index (χ0n) is 17.1. The van der Waals surface area contributed by atoms with E-state index in [1.165, 1.54) is 7.11 Å². The summed E-state index contributed by atoms with van der Waals surface area (Å²) in [5.41, 5.74) is 2.90. The number of hydrogen-bond acceptors (Lipinski definition) is 5. The number of esters is 1. The predicted molar refractivity (Wildman–Crippen MR) is 115 cm³/mol. The van der Waals surface area contributed by atoms with Gasteiger partial charge in [0.25, 0.3) is 0 Å². The van der Waals surface area contributed by atoms with Crippen LogP contribution in [0.25, 0.3) is 0 Å². The van der Waals surface area contributed by atoms with Gasteiger partial charge in [0, 0.05) is 44.0 Å². The highest BCUT2D eigenvalue weighted by Gasteiger charge is 2.31. The zero-order chi connectivity index (χ0) is 20.6. The summed E-state index contributed by atoms with van der Waals surface area (Å²) in [6.45, 7) is 5.17. The van der Waals surface area contributed by atoms with Crippen molar-refractivity contribution < 1.29 is 14.3 Å². The maximum Gasteiger partial charge on any atom is 0.327 e. The first-order chi connectivity index (χ1) is 14.1. The molecule has 1 saturated heterocycles. The molecule has 1 unspecified atom stereocenters. The summed E-state index contributed by atoms with van der Waals surface area (Å²) in [5.74, 6) is -0.180. The highest BCUT2D eigenvalue weighted by atomic mass is 16.5. The van der Waals surface area contributed by atoms with Crippen molar-refractivity contribution in [1.29, 1.82) is 0 Å². The number of anilines is 2. The number of hydrogen-bond donors (Lipinski definition) is 1. The number of ether oxygens (including phenoxy) is 1. The molecule has 1 atom stereocenters. The summed E-state index contributed by atoms with van der Waals surface area (Å²) >= 11 is 0. The quantitative estimate of drug-likeness (QED) is 0.728. The Bertz CT molecular complexity index is 800. The number of carbonyl (C=O) groups is 2. The van der Waals surface area contributed by atoms with Crippen LogP contribution in [0.3, 0.4) is 0 Å². The maximum atomic E-state index is 12.4. The fraction of sp³-hybridized carbons (Fsp3) is 0.391. The van der Waals surface area contributed by atoms with Gasteiger partial charge in [-0.05, 0) is 36.2 Å². The van der Waals surface area contributed by atoms with Crippen LogP contribution >= 0.6 is 0 Å². The Morgan fingerprint density at radius 3 is 2.24 bits per heavy atom. The molecular formula is C23H29N3O3. The van der Waals surface area contributed by atoms with E-state index in [4.69, 9.17) is 4.74 Å². The Labute approximate surface area is 172 Å². The normalized spacial score (nSPS) is 15.6. The minimum Gasteiger partial charge on any atom is -0.468 e. The van der Waals surface area contributed by atoms with Crippen LogP contribution in [0.4, 0.5) is 11.4 Å². The van der Waals surface area contributed by atoms with Gasteiger partial charge in [-0.15, -0.1) is 0 Å². The van der Waals surface area contributed by atoms with Crippen LogP contribution in [0, 0.1) is 0 Å². The lowest BCUT2D eigenvalue weighted by atomic mass is 10.0. The van der Waals surface area contributed by atoms with E-state index < -0.39 is 0 Å². The van der Waals surface area contributed by atoms with Crippen LogP contribution in [-0.4, -0.2) is 50.1 Å². The van der Waals surface area contributed by atoms with Crippen LogP contribution in [0.1, 0.15) is 31.4 Å². The number of methoxy groups -OCH3 is 1. The van der Waals surface area contributed by atoms with Gasteiger partial charge in [-0.2, -0.15) is 0 Å². The molecule has 0 aliphatic carbocycles. The second kappa shape index (κ2) is 10.1. The summed E-state index contributed by atoms with van der Waals surface area (Å²) in [7, 11) is 1.44. The summed E-state index contributed by atoms with van der Waals surface area (Å²) in [4.78, 5) is 28.6. The molecule has 6 nitrogen and oxygen atoms in total. The fourth-order valence-electron chi connectivity index (χ4n) is 3.69. The van der Waals surface area contributed by atoms with E-state index in [1.807, 2.05) is 61.5 Å². The molecule has 1 N–H and O–H groups in total. The molecule has 0 spiro atoms. The zero-order valence-corrected chi connectivity index (χ0v) is 17.1. The van der Waals surface area contributed by atoms with Crippen molar-refractivity contribution in [2.24, 2.45) is 0 Å². The molecule has 2 aromatic rings. The van der Waals surface area contributed by atoms with Crippen LogP contribution in [0.15, 0.2) is 54.6 Å². The van der Waals surface area contributed by atoms with Gasteiger partial charge in [-0.25, -0.2) is 4.79 Å². The molecule has 0 radical (unpaired) electrons. The van der Waals surface area contributed by atoms with E-state index in [2.05, 4.69) is 15.1 Å². The van der Waals surface area contributed by atoms with Gasteiger partial charge in [0.05, 0.1) is 7.11 Å². The van der Waals surface area contributed by atoms with E-state index in [9.17, 15) is 9.59 Å². The topological polar surface area (TPSA) is 61.9 Å². The van der Waals surface area contributed by atoms with Crippen molar-refractivity contribution in [1.82, 2.24) is 4.90 Å². The van der Waals surface area contributed by atoms with Gasteiger partial charge in [0.15, 0.2) is 0 Å². The van der Waals surface area contributed by atoms with Gasteiger partial charge >= 0.3 is 5.97 Å². The molecule has 0 saturated carbocycles. The largest absolute Gasteiger partial charge is 0.468 e. The molecule has 1 fully saturated rings.